The molecule has 0 saturated carbocycles. The Balaban J connectivity index is 2.65. The van der Waals surface area contributed by atoms with Gasteiger partial charge in [0.15, 0.2) is 0 Å². The molecule has 0 atom stereocenters. The SMILES string of the molecule is ClP(Cl)N=Nc1ccccc1. The summed E-state index contributed by atoms with van der Waals surface area (Å²) in [6, 6.07) is 9.31. The number of nitrogens with zero attached hydrogens (tertiary/aromatic N) is 2. The van der Waals surface area contributed by atoms with Crippen LogP contribution in [0.1, 0.15) is 0 Å². The summed E-state index contributed by atoms with van der Waals surface area (Å²) in [4.78, 5) is 3.62. The monoisotopic (exact) mass is 206 g/mol. The molecule has 0 aliphatic carbocycles. The van der Waals surface area contributed by atoms with Gasteiger partial charge in [-0.15, -0.1) is 10.00 Å². The first-order valence-corrected chi connectivity index (χ1v) is 5.98. The Kier molecular flexibility index (Phi) is 3.78. The summed E-state index contributed by atoms with van der Waals surface area (Å²) in [5.41, 5.74) is 0.765. The molecule has 11 heavy (non-hydrogen) atoms. The number of hydrogen-bond donors (Lipinski definition) is 0. The lowest BCUT2D eigenvalue weighted by Gasteiger charge is -1.89. The normalized spacial score (nSPS) is 11.2. The molecule has 58 valence electrons. The van der Waals surface area contributed by atoms with Crippen molar-refractivity contribution in [2.24, 2.45) is 10.00 Å². The van der Waals surface area contributed by atoms with Crippen molar-refractivity contribution in [3.63, 3.8) is 0 Å². The van der Waals surface area contributed by atoms with Crippen LogP contribution in [0.25, 0.3) is 0 Å². The lowest BCUT2D eigenvalue weighted by molar-refractivity contribution is 1.33. The average molecular weight is 207 g/mol. The third-order valence-electron chi connectivity index (χ3n) is 0.984. The first-order chi connectivity index (χ1) is 5.29. The Bertz CT molecular complexity index is 238. The van der Waals surface area contributed by atoms with Crippen LogP contribution in [0.5, 0.6) is 0 Å². The number of halogens is 2. The van der Waals surface area contributed by atoms with Crippen molar-refractivity contribution < 1.29 is 0 Å². The molecule has 0 fully saturated rings. The minimum atomic E-state index is -1.32. The molecule has 0 amide bonds. The molecular weight excluding hydrogens is 202 g/mol. The smallest absolute Gasteiger partial charge is 0.150 e. The molecule has 1 rings (SSSR count). The maximum atomic E-state index is 5.40. The Morgan fingerprint density at radius 1 is 1.09 bits per heavy atom. The van der Waals surface area contributed by atoms with Crippen molar-refractivity contribution in [2.45, 2.75) is 0 Å². The Hall–Kier alpha value is -0.170. The van der Waals surface area contributed by atoms with Crippen LogP contribution >= 0.6 is 29.3 Å². The second-order valence-electron chi connectivity index (χ2n) is 1.74. The summed E-state index contributed by atoms with van der Waals surface area (Å²) in [6.07, 6.45) is 0. The Morgan fingerprint density at radius 3 is 2.27 bits per heavy atom. The van der Waals surface area contributed by atoms with Gasteiger partial charge in [-0.1, -0.05) is 18.2 Å². The molecule has 1 aromatic rings. The fraction of sp³-hybridized carbons (Fsp3) is 0. The van der Waals surface area contributed by atoms with Crippen LogP contribution in [-0.4, -0.2) is 0 Å². The van der Waals surface area contributed by atoms with Gasteiger partial charge in [-0.3, -0.25) is 0 Å². The predicted molar refractivity (Wildman–Crippen MR) is 49.6 cm³/mol. The predicted octanol–water partition coefficient (Wildman–Crippen LogP) is 4.47. The molecule has 0 heterocycles. The third kappa shape index (κ3) is 3.66. The van der Waals surface area contributed by atoms with Gasteiger partial charge in [0.05, 0.1) is 5.69 Å². The molecule has 5 heteroatoms. The van der Waals surface area contributed by atoms with E-state index in [-0.39, 0.29) is 0 Å². The molecule has 0 radical (unpaired) electrons. The van der Waals surface area contributed by atoms with Crippen molar-refractivity contribution in [1.82, 2.24) is 0 Å². The molecule has 0 spiro atoms. The molecule has 2 nitrogen and oxygen atoms in total. The van der Waals surface area contributed by atoms with Crippen LogP contribution in [-0.2, 0) is 0 Å². The van der Waals surface area contributed by atoms with E-state index in [0.717, 1.165) is 5.69 Å². The zero-order valence-electron chi connectivity index (χ0n) is 5.48. The van der Waals surface area contributed by atoms with Gasteiger partial charge < -0.3 is 0 Å². The molecule has 0 unspecified atom stereocenters. The van der Waals surface area contributed by atoms with E-state index in [1.54, 1.807) is 0 Å². The van der Waals surface area contributed by atoms with E-state index in [2.05, 4.69) is 10.00 Å². The highest BCUT2D eigenvalue weighted by molar-refractivity contribution is 8.02. The van der Waals surface area contributed by atoms with Gasteiger partial charge in [0.2, 0.25) is 6.78 Å². The highest BCUT2D eigenvalue weighted by Crippen LogP contribution is 2.49. The quantitative estimate of drug-likeness (QED) is 0.504. The number of benzene rings is 1. The highest BCUT2D eigenvalue weighted by atomic mass is 35.9. The summed E-state index contributed by atoms with van der Waals surface area (Å²) >= 11 is 10.8. The van der Waals surface area contributed by atoms with E-state index in [4.69, 9.17) is 22.5 Å². The van der Waals surface area contributed by atoms with Crippen molar-refractivity contribution in [3.8, 4) is 0 Å². The second kappa shape index (κ2) is 4.66. The van der Waals surface area contributed by atoms with Crippen molar-refractivity contribution in [1.29, 1.82) is 0 Å². The highest BCUT2D eigenvalue weighted by Gasteiger charge is 1.92. The van der Waals surface area contributed by atoms with Crippen molar-refractivity contribution in [2.75, 3.05) is 0 Å². The van der Waals surface area contributed by atoms with Gasteiger partial charge >= 0.3 is 0 Å². The lowest BCUT2D eigenvalue weighted by atomic mass is 10.3. The molecule has 0 bridgehead atoms. The zero-order chi connectivity index (χ0) is 8.10. The van der Waals surface area contributed by atoms with Crippen LogP contribution in [0.2, 0.25) is 0 Å². The summed E-state index contributed by atoms with van der Waals surface area (Å²) in [7, 11) is 0. The number of rotatable bonds is 2. The van der Waals surface area contributed by atoms with E-state index in [0.29, 0.717) is 0 Å². The summed E-state index contributed by atoms with van der Waals surface area (Å²) < 4.78 is 0. The molecule has 0 saturated heterocycles. The molecule has 0 aliphatic heterocycles. The van der Waals surface area contributed by atoms with Crippen LogP contribution in [0, 0.1) is 0 Å². The van der Waals surface area contributed by atoms with Gasteiger partial charge in [-0.05, 0) is 34.6 Å². The first-order valence-electron chi connectivity index (χ1n) is 2.87. The third-order valence-corrected chi connectivity index (χ3v) is 1.61. The van der Waals surface area contributed by atoms with Gasteiger partial charge in [0.1, 0.15) is 0 Å². The minimum absolute atomic E-state index is 0.765. The fourth-order valence-electron chi connectivity index (χ4n) is 0.580. The van der Waals surface area contributed by atoms with Crippen LogP contribution in [0.4, 0.5) is 5.69 Å². The van der Waals surface area contributed by atoms with E-state index in [9.17, 15) is 0 Å². The van der Waals surface area contributed by atoms with Crippen LogP contribution in [0.15, 0.2) is 40.3 Å². The van der Waals surface area contributed by atoms with Crippen molar-refractivity contribution >= 4 is 34.9 Å². The van der Waals surface area contributed by atoms with E-state index >= 15 is 0 Å². The molecule has 1 aromatic carbocycles. The first kappa shape index (κ1) is 8.92. The van der Waals surface area contributed by atoms with Gasteiger partial charge in [0.25, 0.3) is 0 Å². The standard InChI is InChI=1S/C6H5Cl2N2P/c7-11(8)10-9-6-4-2-1-3-5-6/h1-5H. The van der Waals surface area contributed by atoms with Gasteiger partial charge in [0, 0.05) is 0 Å². The Morgan fingerprint density at radius 2 is 1.73 bits per heavy atom. The number of hydrogen-bond acceptors (Lipinski definition) is 2. The van der Waals surface area contributed by atoms with Crippen LogP contribution in [0.3, 0.4) is 0 Å². The maximum absolute atomic E-state index is 5.40. The average Bonchev–Trinajstić information content (AvgIpc) is 2.03. The van der Waals surface area contributed by atoms with Crippen LogP contribution < -0.4 is 0 Å². The largest absolute Gasteiger partial charge is 0.230 e. The minimum Gasteiger partial charge on any atom is -0.150 e. The molecule has 0 aliphatic rings. The van der Waals surface area contributed by atoms with E-state index < -0.39 is 6.78 Å². The van der Waals surface area contributed by atoms with E-state index in [1.165, 1.54) is 0 Å². The molecular formula is C6H5Cl2N2P. The summed E-state index contributed by atoms with van der Waals surface area (Å²) in [6.45, 7) is -1.32. The van der Waals surface area contributed by atoms with Gasteiger partial charge in [-0.25, -0.2) is 0 Å². The van der Waals surface area contributed by atoms with Crippen molar-refractivity contribution in [3.05, 3.63) is 30.3 Å². The fourth-order valence-corrected chi connectivity index (χ4v) is 0.954. The summed E-state index contributed by atoms with van der Waals surface area (Å²) in [5.74, 6) is 0. The van der Waals surface area contributed by atoms with Gasteiger partial charge in [-0.2, -0.15) is 0 Å². The van der Waals surface area contributed by atoms with E-state index in [1.807, 2.05) is 30.3 Å². The molecule has 0 aromatic heterocycles. The second-order valence-corrected chi connectivity index (χ2v) is 4.79. The summed E-state index contributed by atoms with van der Waals surface area (Å²) in [5, 5.41) is 3.80. The Labute approximate surface area is 75.6 Å². The topological polar surface area (TPSA) is 24.7 Å². The lowest BCUT2D eigenvalue weighted by Crippen LogP contribution is -1.58. The zero-order valence-corrected chi connectivity index (χ0v) is 7.89. The maximum Gasteiger partial charge on any atom is 0.230 e. The molecule has 0 N–H and O–H groups in total.